The first kappa shape index (κ1) is 35.0. The van der Waals surface area contributed by atoms with E-state index in [1.54, 1.807) is 6.92 Å². The molecule has 1 unspecified atom stereocenters. The van der Waals surface area contributed by atoms with E-state index in [0.717, 1.165) is 19.2 Å². The second kappa shape index (κ2) is 11.8. The quantitative estimate of drug-likeness (QED) is 0.282. The van der Waals surface area contributed by atoms with Gasteiger partial charge in [0, 0.05) is 6.20 Å². The topological polar surface area (TPSA) is 56.4 Å². The molecule has 0 saturated carbocycles. The molecule has 0 amide bonds. The average Bonchev–Trinajstić information content (AvgIpc) is 3.55. The van der Waals surface area contributed by atoms with Gasteiger partial charge in [-0.2, -0.15) is 52.7 Å². The molecular weight excluding hydrogens is 594 g/mol. The van der Waals surface area contributed by atoms with Gasteiger partial charge < -0.3 is 18.6 Å². The number of halogens is 12. The van der Waals surface area contributed by atoms with E-state index < -0.39 is 54.6 Å². The van der Waals surface area contributed by atoms with Gasteiger partial charge >= 0.3 is 50.7 Å². The summed E-state index contributed by atoms with van der Waals surface area (Å²) in [6.07, 6.45) is -17.0. The van der Waals surface area contributed by atoms with E-state index in [-0.39, 0.29) is 40.4 Å². The van der Waals surface area contributed by atoms with Crippen molar-refractivity contribution in [1.82, 2.24) is 28.8 Å². The minimum absolute atomic E-state index is 0. The standard InChI is InChI=1S/C16H14BF9N5.C6H6F3N.Li/c1-8-4-12(15(21,22)23)29(7-8)17(30-10(3)6-11(28-30)14(18,19)20)31-13(16(24,25)26)5-9(2)27-31;1-4-2-5(10-3-4)6(7,8)9;/h4-7,17H,1-3H3;2-3,10H,1H3;/q-1;;+1. The van der Waals surface area contributed by atoms with Gasteiger partial charge in [0.25, 0.3) is 0 Å². The van der Waals surface area contributed by atoms with Gasteiger partial charge in [-0.3, -0.25) is 0 Å². The average molecular weight is 614 g/mol. The first-order valence-corrected chi connectivity index (χ1v) is 11.4. The fraction of sp³-hybridized carbons (Fsp3) is 0.364. The summed E-state index contributed by atoms with van der Waals surface area (Å²) < 4.78 is 158. The summed E-state index contributed by atoms with van der Waals surface area (Å²) in [6.45, 7) is 5.17. The smallest absolute Gasteiger partial charge is 0.482 e. The molecule has 4 rings (SSSR count). The molecule has 0 radical (unpaired) electrons. The Balaban J connectivity index is 0.000000475. The molecule has 0 saturated heterocycles. The molecule has 0 aliphatic carbocycles. The number of aromatic amines is 1. The van der Waals surface area contributed by atoms with Gasteiger partial charge in [-0.15, -0.1) is 0 Å². The van der Waals surface area contributed by atoms with E-state index in [0.29, 0.717) is 32.8 Å². The molecule has 0 aromatic carbocycles. The fourth-order valence-electron chi connectivity index (χ4n) is 4.14. The normalized spacial score (nSPS) is 13.4. The van der Waals surface area contributed by atoms with Crippen molar-refractivity contribution in [2.75, 3.05) is 0 Å². The largest absolute Gasteiger partial charge is 1.00 e. The predicted molar refractivity (Wildman–Crippen MR) is 122 cm³/mol. The number of aromatic nitrogens is 6. The van der Waals surface area contributed by atoms with Gasteiger partial charge in [0.15, 0.2) is 5.69 Å². The summed E-state index contributed by atoms with van der Waals surface area (Å²) in [7, 11) is -3.29. The molecule has 4 heterocycles. The number of aryl methyl sites for hydroxylation is 4. The molecule has 0 spiro atoms. The van der Waals surface area contributed by atoms with Gasteiger partial charge in [-0.25, -0.2) is 10.2 Å². The van der Waals surface area contributed by atoms with Gasteiger partial charge in [0.05, 0.1) is 11.4 Å². The Morgan fingerprint density at radius 2 is 1.21 bits per heavy atom. The number of alkyl halides is 12. The Hall–Kier alpha value is -3.20. The molecule has 0 bridgehead atoms. The van der Waals surface area contributed by atoms with Gasteiger partial charge in [-0.1, -0.05) is 0 Å². The fourth-order valence-corrected chi connectivity index (χ4v) is 4.14. The SMILES string of the molecule is Cc1c[nH]c(C(F)(F)F)c1.Cc1cc(C(F)(F)F)n([BH-](n2nc(C(F)(F)F)cc2C)n2nc(C)cc2C(F)(F)F)c1.[Li+]. The van der Waals surface area contributed by atoms with Crippen molar-refractivity contribution in [3.8, 4) is 0 Å². The van der Waals surface area contributed by atoms with E-state index in [9.17, 15) is 52.7 Å². The van der Waals surface area contributed by atoms with Gasteiger partial charge in [0.2, 0.25) is 0 Å². The Kier molecular flexibility index (Phi) is 9.85. The van der Waals surface area contributed by atoms with Crippen LogP contribution < -0.4 is 18.9 Å². The zero-order chi connectivity index (χ0) is 31.3. The summed E-state index contributed by atoms with van der Waals surface area (Å²) in [5, 5.41) is 6.99. The van der Waals surface area contributed by atoms with Crippen LogP contribution in [0.25, 0.3) is 0 Å². The zero-order valence-corrected chi connectivity index (χ0v) is 22.4. The monoisotopic (exact) mass is 614 g/mol. The number of hydrogen-bond donors (Lipinski definition) is 1. The molecule has 0 aliphatic heterocycles. The molecule has 42 heavy (non-hydrogen) atoms. The van der Waals surface area contributed by atoms with Gasteiger partial charge in [0.1, 0.15) is 11.4 Å². The van der Waals surface area contributed by atoms with Crippen LogP contribution in [-0.2, 0) is 24.7 Å². The van der Waals surface area contributed by atoms with Crippen LogP contribution in [0.5, 0.6) is 0 Å². The molecule has 6 nitrogen and oxygen atoms in total. The minimum atomic E-state index is -5.03. The Bertz CT molecular complexity index is 1450. The first-order chi connectivity index (χ1) is 18.5. The summed E-state index contributed by atoms with van der Waals surface area (Å²) >= 11 is 0. The number of H-pyrrole nitrogens is 1. The van der Waals surface area contributed by atoms with Crippen molar-refractivity contribution < 1.29 is 71.5 Å². The van der Waals surface area contributed by atoms with E-state index in [1.165, 1.54) is 20.0 Å². The third-order valence-electron chi connectivity index (χ3n) is 5.76. The van der Waals surface area contributed by atoms with Crippen molar-refractivity contribution in [2.45, 2.75) is 52.4 Å². The van der Waals surface area contributed by atoms with Crippen LogP contribution in [0.3, 0.4) is 0 Å². The van der Waals surface area contributed by atoms with E-state index >= 15 is 0 Å². The maximum absolute atomic E-state index is 13.6. The van der Waals surface area contributed by atoms with Gasteiger partial charge in [-0.05, 0) is 75.0 Å². The van der Waals surface area contributed by atoms with E-state index in [4.69, 9.17) is 0 Å². The van der Waals surface area contributed by atoms with E-state index in [1.807, 2.05) is 0 Å². The van der Waals surface area contributed by atoms with E-state index in [2.05, 4.69) is 15.2 Å². The molecule has 20 heteroatoms. The third-order valence-corrected chi connectivity index (χ3v) is 5.76. The van der Waals surface area contributed by atoms with Crippen LogP contribution >= 0.6 is 0 Å². The summed E-state index contributed by atoms with van der Waals surface area (Å²) in [6, 6.07) is 2.91. The maximum Gasteiger partial charge on any atom is 1.00 e. The third kappa shape index (κ3) is 7.79. The second-order valence-electron chi connectivity index (χ2n) is 9.22. The number of nitrogens with one attached hydrogen (secondary N) is 1. The van der Waals surface area contributed by atoms with Crippen LogP contribution in [0.15, 0.2) is 36.7 Å². The molecule has 4 aromatic rings. The van der Waals surface area contributed by atoms with Crippen molar-refractivity contribution in [1.29, 1.82) is 0 Å². The number of nitrogens with zero attached hydrogens (tertiary/aromatic N) is 5. The van der Waals surface area contributed by atoms with Crippen LogP contribution in [0.2, 0.25) is 0 Å². The Labute approximate surface area is 242 Å². The number of rotatable bonds is 3. The zero-order valence-electron chi connectivity index (χ0n) is 22.4. The van der Waals surface area contributed by atoms with Crippen molar-refractivity contribution in [2.24, 2.45) is 0 Å². The molecule has 226 valence electrons. The molecular formula is C22H20BF12LiN6. The van der Waals surface area contributed by atoms with Crippen LogP contribution in [-0.4, -0.2) is 36.0 Å². The predicted octanol–water partition coefficient (Wildman–Crippen LogP) is 3.87. The summed E-state index contributed by atoms with van der Waals surface area (Å²) in [4.78, 5) is 2.12. The van der Waals surface area contributed by atoms with Crippen LogP contribution in [0.4, 0.5) is 52.7 Å². The summed E-state index contributed by atoms with van der Waals surface area (Å²) in [5.41, 5.74) is -4.71. The second-order valence-corrected chi connectivity index (χ2v) is 9.22. The maximum atomic E-state index is 13.6. The molecule has 1 atom stereocenters. The molecule has 4 aromatic heterocycles. The Morgan fingerprint density at radius 3 is 1.62 bits per heavy atom. The van der Waals surface area contributed by atoms with Crippen molar-refractivity contribution in [3.05, 3.63) is 81.9 Å². The summed E-state index contributed by atoms with van der Waals surface area (Å²) in [5.74, 6) is 0. The van der Waals surface area contributed by atoms with Crippen molar-refractivity contribution >= 4 is 7.12 Å². The molecule has 0 fully saturated rings. The Morgan fingerprint density at radius 1 is 0.643 bits per heavy atom. The minimum Gasteiger partial charge on any atom is -0.482 e. The first-order valence-electron chi connectivity index (χ1n) is 11.4. The molecule has 1 N–H and O–H groups in total. The number of hydrogen-bond acceptors (Lipinski definition) is 2. The molecule has 0 aliphatic rings. The van der Waals surface area contributed by atoms with Crippen LogP contribution in [0, 0.1) is 27.7 Å². The van der Waals surface area contributed by atoms with Crippen molar-refractivity contribution in [3.63, 3.8) is 0 Å². The van der Waals surface area contributed by atoms with Crippen LogP contribution in [0.1, 0.15) is 45.3 Å².